The van der Waals surface area contributed by atoms with Gasteiger partial charge in [0, 0.05) is 42.6 Å². The van der Waals surface area contributed by atoms with Crippen molar-refractivity contribution in [1.29, 1.82) is 0 Å². The van der Waals surface area contributed by atoms with Crippen LogP contribution in [0.15, 0.2) is 42.6 Å². The maximum absolute atomic E-state index is 14.9. The molecule has 0 unspecified atom stereocenters. The topological polar surface area (TPSA) is 65.6 Å². The Morgan fingerprint density at radius 1 is 1.06 bits per heavy atom. The van der Waals surface area contributed by atoms with Gasteiger partial charge in [-0.05, 0) is 57.1 Å². The predicted molar refractivity (Wildman–Crippen MR) is 135 cm³/mol. The molecule has 184 valence electrons. The summed E-state index contributed by atoms with van der Waals surface area (Å²) >= 11 is 0. The van der Waals surface area contributed by atoms with Crippen LogP contribution in [0.25, 0.3) is 11.3 Å². The van der Waals surface area contributed by atoms with Crippen molar-refractivity contribution in [3.8, 4) is 17.0 Å². The number of aromatic nitrogens is 2. The fourth-order valence-corrected chi connectivity index (χ4v) is 4.62. The summed E-state index contributed by atoms with van der Waals surface area (Å²) in [6, 6.07) is 11.2. The molecule has 2 aromatic carbocycles. The zero-order chi connectivity index (χ0) is 24.4. The molecule has 35 heavy (non-hydrogen) atoms. The molecule has 0 radical (unpaired) electrons. The first kappa shape index (κ1) is 23.3. The van der Waals surface area contributed by atoms with E-state index in [0.29, 0.717) is 24.4 Å². The largest absolute Gasteiger partial charge is 0.486 e. The van der Waals surface area contributed by atoms with Gasteiger partial charge in [-0.25, -0.2) is 18.7 Å². The molecule has 0 spiro atoms. The molecule has 2 aliphatic rings. The summed E-state index contributed by atoms with van der Waals surface area (Å²) in [4.78, 5) is 12.9. The minimum atomic E-state index is -0.617. The summed E-state index contributed by atoms with van der Waals surface area (Å²) in [5.41, 5.74) is 2.88. The summed E-state index contributed by atoms with van der Waals surface area (Å²) in [5, 5.41) is 6.59. The predicted octanol–water partition coefficient (Wildman–Crippen LogP) is 4.57. The molecule has 2 aliphatic heterocycles. The van der Waals surface area contributed by atoms with Gasteiger partial charge >= 0.3 is 0 Å². The van der Waals surface area contributed by atoms with Crippen LogP contribution in [0.1, 0.15) is 20.3 Å². The van der Waals surface area contributed by atoms with E-state index < -0.39 is 11.6 Å². The molecule has 0 bridgehead atoms. The monoisotopic (exact) mass is 480 g/mol. The maximum atomic E-state index is 14.9. The Balaban J connectivity index is 1.44. The number of fused-ring (bicyclic) bond motifs is 1. The van der Waals surface area contributed by atoms with E-state index in [4.69, 9.17) is 4.74 Å². The van der Waals surface area contributed by atoms with Gasteiger partial charge in [-0.15, -0.1) is 0 Å². The lowest BCUT2D eigenvalue weighted by molar-refractivity contribution is 0.287. The molecule has 1 aromatic heterocycles. The van der Waals surface area contributed by atoms with Crippen LogP contribution in [0, 0.1) is 11.6 Å². The third-order valence-electron chi connectivity index (χ3n) is 6.36. The van der Waals surface area contributed by atoms with Crippen LogP contribution in [0.4, 0.5) is 31.8 Å². The van der Waals surface area contributed by atoms with Crippen molar-refractivity contribution in [1.82, 2.24) is 15.3 Å². The number of anilines is 4. The highest BCUT2D eigenvalue weighted by Crippen LogP contribution is 2.39. The van der Waals surface area contributed by atoms with Gasteiger partial charge in [0.15, 0.2) is 17.4 Å². The molecule has 0 amide bonds. The molecule has 0 atom stereocenters. The molecule has 7 nitrogen and oxygen atoms in total. The van der Waals surface area contributed by atoms with Crippen LogP contribution >= 0.6 is 0 Å². The normalized spacial score (nSPS) is 16.0. The number of benzene rings is 2. The van der Waals surface area contributed by atoms with Crippen molar-refractivity contribution in [3.05, 3.63) is 54.2 Å². The molecule has 9 heteroatoms. The number of nitrogens with one attached hydrogen (secondary N) is 2. The van der Waals surface area contributed by atoms with Gasteiger partial charge in [0.2, 0.25) is 5.95 Å². The number of halogens is 2. The second-order valence-electron chi connectivity index (χ2n) is 9.10. The average Bonchev–Trinajstić information content (AvgIpc) is 3.15. The van der Waals surface area contributed by atoms with E-state index in [-0.39, 0.29) is 23.4 Å². The molecule has 2 N–H and O–H groups in total. The molecule has 3 heterocycles. The van der Waals surface area contributed by atoms with Gasteiger partial charge in [0.1, 0.15) is 12.3 Å². The van der Waals surface area contributed by atoms with Crippen molar-refractivity contribution in [2.75, 3.05) is 54.4 Å². The molecule has 1 saturated heterocycles. The zero-order valence-corrected chi connectivity index (χ0v) is 20.0. The lowest BCUT2D eigenvalue weighted by Crippen LogP contribution is -2.38. The summed E-state index contributed by atoms with van der Waals surface area (Å²) in [5.74, 6) is -0.711. The zero-order valence-electron chi connectivity index (χ0n) is 20.0. The molecule has 0 saturated carbocycles. The number of hydrogen-bond acceptors (Lipinski definition) is 7. The van der Waals surface area contributed by atoms with Gasteiger partial charge in [-0.3, -0.25) is 0 Å². The standard InChI is InChI=1S/C26H30F2N6O/c1-17(2)34-11-12-35-25-21(27)13-18(14-23(25)34)24-22(28)16-30-26(32-24)31-19-5-3-6-20(15-19)33-9-4-7-29-8-10-33/h3,5-6,13-17,29H,4,7-12H2,1-2H3,(H,30,31,32). The van der Waals surface area contributed by atoms with Crippen LogP contribution in [-0.2, 0) is 0 Å². The smallest absolute Gasteiger partial charge is 0.227 e. The first-order valence-electron chi connectivity index (χ1n) is 12.1. The second-order valence-corrected chi connectivity index (χ2v) is 9.10. The Morgan fingerprint density at radius 2 is 1.94 bits per heavy atom. The first-order chi connectivity index (χ1) is 17.0. The van der Waals surface area contributed by atoms with E-state index in [9.17, 15) is 8.78 Å². The Kier molecular flexibility index (Phi) is 6.68. The SMILES string of the molecule is CC(C)N1CCOc2c(F)cc(-c3nc(Nc4cccc(N5CCCNCC5)c4)ncc3F)cc21. The van der Waals surface area contributed by atoms with E-state index in [0.717, 1.165) is 50.2 Å². The van der Waals surface area contributed by atoms with Crippen LogP contribution in [0.5, 0.6) is 5.75 Å². The summed E-state index contributed by atoms with van der Waals surface area (Å²) < 4.78 is 35.3. The van der Waals surface area contributed by atoms with E-state index >= 15 is 0 Å². The fraction of sp³-hybridized carbons (Fsp3) is 0.385. The minimum Gasteiger partial charge on any atom is -0.486 e. The molecule has 0 aliphatic carbocycles. The van der Waals surface area contributed by atoms with E-state index in [1.54, 1.807) is 6.07 Å². The Bertz CT molecular complexity index is 1200. The van der Waals surface area contributed by atoms with Crippen LogP contribution in [-0.4, -0.2) is 55.3 Å². The van der Waals surface area contributed by atoms with Crippen LogP contribution in [0.3, 0.4) is 0 Å². The molecule has 1 fully saturated rings. The second kappa shape index (κ2) is 10.0. The highest BCUT2D eigenvalue weighted by molar-refractivity contribution is 5.73. The van der Waals surface area contributed by atoms with Crippen molar-refractivity contribution in [2.24, 2.45) is 0 Å². The van der Waals surface area contributed by atoms with Crippen molar-refractivity contribution < 1.29 is 13.5 Å². The lowest BCUT2D eigenvalue weighted by Gasteiger charge is -2.34. The van der Waals surface area contributed by atoms with Crippen molar-refractivity contribution in [2.45, 2.75) is 26.3 Å². The third-order valence-corrected chi connectivity index (χ3v) is 6.36. The van der Waals surface area contributed by atoms with Crippen LogP contribution < -0.4 is 25.2 Å². The fourth-order valence-electron chi connectivity index (χ4n) is 4.62. The number of rotatable bonds is 5. The highest BCUT2D eigenvalue weighted by atomic mass is 19.1. The molecule has 3 aromatic rings. The summed E-state index contributed by atoms with van der Waals surface area (Å²) in [6.45, 7) is 8.98. The van der Waals surface area contributed by atoms with Crippen molar-refractivity contribution >= 4 is 23.0 Å². The molecular weight excluding hydrogens is 450 g/mol. The van der Waals surface area contributed by atoms with Gasteiger partial charge in [0.25, 0.3) is 0 Å². The highest BCUT2D eigenvalue weighted by Gasteiger charge is 2.25. The van der Waals surface area contributed by atoms with Gasteiger partial charge in [0.05, 0.1) is 18.4 Å². The number of ether oxygens (including phenoxy) is 1. The Morgan fingerprint density at radius 3 is 2.80 bits per heavy atom. The summed E-state index contributed by atoms with van der Waals surface area (Å²) in [7, 11) is 0. The van der Waals surface area contributed by atoms with Crippen molar-refractivity contribution in [3.63, 3.8) is 0 Å². The van der Waals surface area contributed by atoms with E-state index in [1.165, 1.54) is 6.07 Å². The third kappa shape index (κ3) is 5.00. The first-order valence-corrected chi connectivity index (χ1v) is 12.1. The Hall–Kier alpha value is -3.46. The van der Waals surface area contributed by atoms with Gasteiger partial charge < -0.3 is 25.2 Å². The van der Waals surface area contributed by atoms with Gasteiger partial charge in [-0.1, -0.05) is 6.07 Å². The average molecular weight is 481 g/mol. The molecule has 5 rings (SSSR count). The lowest BCUT2D eigenvalue weighted by atomic mass is 10.1. The van der Waals surface area contributed by atoms with E-state index in [1.807, 2.05) is 36.9 Å². The number of nitrogens with zero attached hydrogens (tertiary/aromatic N) is 4. The van der Waals surface area contributed by atoms with Gasteiger partial charge in [-0.2, -0.15) is 0 Å². The maximum Gasteiger partial charge on any atom is 0.227 e. The Labute approximate surface area is 204 Å². The summed E-state index contributed by atoms with van der Waals surface area (Å²) in [6.07, 6.45) is 2.20. The number of hydrogen-bond donors (Lipinski definition) is 2. The quantitative estimate of drug-likeness (QED) is 0.555. The van der Waals surface area contributed by atoms with Crippen LogP contribution in [0.2, 0.25) is 0 Å². The minimum absolute atomic E-state index is 0.0354. The van der Waals surface area contributed by atoms with E-state index in [2.05, 4.69) is 31.6 Å². The molecular formula is C26H30F2N6O.